The summed E-state index contributed by atoms with van der Waals surface area (Å²) in [6.07, 6.45) is 0. The van der Waals surface area contributed by atoms with Crippen LogP contribution in [0.25, 0.3) is 0 Å². The molecule has 1 aromatic carbocycles. The first-order valence-corrected chi connectivity index (χ1v) is 4.79. The second kappa shape index (κ2) is 4.58. The number of amidine groups is 1. The van der Waals surface area contributed by atoms with Gasteiger partial charge in [-0.1, -0.05) is 0 Å². The Morgan fingerprint density at radius 1 is 1.50 bits per heavy atom. The summed E-state index contributed by atoms with van der Waals surface area (Å²) >= 11 is 0. The fraction of sp³-hybridized carbons (Fsp3) is 0.100. The lowest BCUT2D eigenvalue weighted by Gasteiger charge is -2.04. The monoisotopic (exact) mass is 249 g/mol. The molecule has 92 valence electrons. The van der Waals surface area contributed by atoms with Gasteiger partial charge in [-0.25, -0.2) is 4.39 Å². The SMILES string of the molecule is N#C/C(=N\Nc1cc2c(cc1F)OCO2)C(=N)N. The van der Waals surface area contributed by atoms with E-state index < -0.39 is 11.7 Å². The van der Waals surface area contributed by atoms with Crippen molar-refractivity contribution in [2.24, 2.45) is 10.8 Å². The number of fused-ring (bicyclic) bond motifs is 1. The first-order valence-electron chi connectivity index (χ1n) is 4.79. The van der Waals surface area contributed by atoms with Crippen molar-refractivity contribution < 1.29 is 13.9 Å². The van der Waals surface area contributed by atoms with Crippen molar-refractivity contribution >= 4 is 17.2 Å². The van der Waals surface area contributed by atoms with Crippen molar-refractivity contribution in [3.63, 3.8) is 0 Å². The van der Waals surface area contributed by atoms with E-state index in [1.807, 2.05) is 0 Å². The molecular weight excluding hydrogens is 241 g/mol. The number of hydrogen-bond donors (Lipinski definition) is 3. The summed E-state index contributed by atoms with van der Waals surface area (Å²) in [6, 6.07) is 4.09. The van der Waals surface area contributed by atoms with E-state index in [0.717, 1.165) is 6.07 Å². The van der Waals surface area contributed by atoms with E-state index >= 15 is 0 Å². The molecule has 0 saturated carbocycles. The van der Waals surface area contributed by atoms with Crippen LogP contribution in [0.4, 0.5) is 10.1 Å². The molecule has 0 aliphatic carbocycles. The van der Waals surface area contributed by atoms with Gasteiger partial charge in [0.15, 0.2) is 23.2 Å². The Kier molecular flexibility index (Phi) is 2.97. The summed E-state index contributed by atoms with van der Waals surface area (Å²) in [7, 11) is 0. The highest BCUT2D eigenvalue weighted by atomic mass is 19.1. The number of nitriles is 1. The third kappa shape index (κ3) is 2.15. The number of nitrogens with one attached hydrogen (secondary N) is 2. The van der Waals surface area contributed by atoms with Gasteiger partial charge in [0, 0.05) is 12.1 Å². The highest BCUT2D eigenvalue weighted by molar-refractivity contribution is 6.45. The second-order valence-corrected chi connectivity index (χ2v) is 3.28. The van der Waals surface area contributed by atoms with Crippen LogP contribution in [0.3, 0.4) is 0 Å². The van der Waals surface area contributed by atoms with Crippen LogP contribution >= 0.6 is 0 Å². The van der Waals surface area contributed by atoms with Crippen molar-refractivity contribution in [1.82, 2.24) is 0 Å². The van der Waals surface area contributed by atoms with E-state index in [0.29, 0.717) is 11.5 Å². The molecule has 0 spiro atoms. The lowest BCUT2D eigenvalue weighted by atomic mass is 10.2. The van der Waals surface area contributed by atoms with Crippen molar-refractivity contribution in [1.29, 1.82) is 10.7 Å². The molecule has 4 N–H and O–H groups in total. The maximum atomic E-state index is 13.6. The first-order chi connectivity index (χ1) is 8.61. The van der Waals surface area contributed by atoms with Gasteiger partial charge < -0.3 is 15.2 Å². The molecule has 0 saturated heterocycles. The summed E-state index contributed by atoms with van der Waals surface area (Å²) in [4.78, 5) is 0. The largest absolute Gasteiger partial charge is 0.454 e. The van der Waals surface area contributed by atoms with Crippen LogP contribution in [0.15, 0.2) is 17.2 Å². The highest BCUT2D eigenvalue weighted by Gasteiger charge is 2.17. The van der Waals surface area contributed by atoms with Crippen molar-refractivity contribution in [3.05, 3.63) is 17.9 Å². The van der Waals surface area contributed by atoms with E-state index in [-0.39, 0.29) is 18.2 Å². The standard InChI is InChI=1S/C10H8FN5O2/c11-5-1-8-9(18-4-17-8)2-6(5)15-16-7(3-12)10(13)14/h1-2,15H,4H2,(H3,13,14)/b16-7+. The third-order valence-electron chi connectivity index (χ3n) is 2.11. The molecule has 1 aromatic rings. The third-order valence-corrected chi connectivity index (χ3v) is 2.11. The zero-order valence-corrected chi connectivity index (χ0v) is 9.03. The summed E-state index contributed by atoms with van der Waals surface area (Å²) in [5, 5.41) is 19.2. The van der Waals surface area contributed by atoms with Gasteiger partial charge in [0.2, 0.25) is 12.5 Å². The molecule has 0 amide bonds. The second-order valence-electron chi connectivity index (χ2n) is 3.28. The number of rotatable bonds is 3. The zero-order valence-electron chi connectivity index (χ0n) is 9.03. The molecule has 1 heterocycles. The van der Waals surface area contributed by atoms with Gasteiger partial charge >= 0.3 is 0 Å². The fourth-order valence-electron chi connectivity index (χ4n) is 1.26. The number of hydrogen-bond acceptors (Lipinski definition) is 6. The summed E-state index contributed by atoms with van der Waals surface area (Å²) in [5.74, 6) is -0.459. The van der Waals surface area contributed by atoms with E-state index in [4.69, 9.17) is 25.9 Å². The van der Waals surface area contributed by atoms with E-state index in [1.54, 1.807) is 6.07 Å². The number of ether oxygens (including phenoxy) is 2. The van der Waals surface area contributed by atoms with Gasteiger partial charge in [-0.15, -0.1) is 0 Å². The minimum absolute atomic E-state index is 0.00625. The van der Waals surface area contributed by atoms with Gasteiger partial charge in [-0.3, -0.25) is 10.8 Å². The number of halogens is 1. The van der Waals surface area contributed by atoms with Gasteiger partial charge in [-0.05, 0) is 0 Å². The Morgan fingerprint density at radius 2 is 2.17 bits per heavy atom. The summed E-state index contributed by atoms with van der Waals surface area (Å²) in [6.45, 7) is 0.0262. The molecule has 7 nitrogen and oxygen atoms in total. The van der Waals surface area contributed by atoms with Crippen LogP contribution in [-0.2, 0) is 0 Å². The quantitative estimate of drug-likeness (QED) is 0.416. The van der Waals surface area contributed by atoms with Gasteiger partial charge in [0.05, 0.1) is 5.69 Å². The molecule has 0 radical (unpaired) electrons. The number of nitrogens with zero attached hydrogens (tertiary/aromatic N) is 2. The average Bonchev–Trinajstić information content (AvgIpc) is 2.76. The van der Waals surface area contributed by atoms with E-state index in [9.17, 15) is 4.39 Å². The Morgan fingerprint density at radius 3 is 2.78 bits per heavy atom. The van der Waals surface area contributed by atoms with Crippen LogP contribution in [-0.4, -0.2) is 18.3 Å². The normalized spacial score (nSPS) is 13.0. The predicted molar refractivity (Wildman–Crippen MR) is 61.1 cm³/mol. The van der Waals surface area contributed by atoms with Crippen LogP contribution < -0.4 is 20.6 Å². The van der Waals surface area contributed by atoms with Crippen molar-refractivity contribution in [3.8, 4) is 17.6 Å². The maximum absolute atomic E-state index is 13.6. The van der Waals surface area contributed by atoms with Crippen LogP contribution in [0.2, 0.25) is 0 Å². The lowest BCUT2D eigenvalue weighted by molar-refractivity contribution is 0.174. The summed E-state index contributed by atoms with van der Waals surface area (Å²) in [5.41, 5.74) is 7.05. The zero-order chi connectivity index (χ0) is 13.1. The Balaban J connectivity index is 2.25. The minimum atomic E-state index is -0.621. The Bertz CT molecular complexity index is 578. The molecule has 0 bridgehead atoms. The van der Waals surface area contributed by atoms with Gasteiger partial charge in [0.25, 0.3) is 0 Å². The predicted octanol–water partition coefficient (Wildman–Crippen LogP) is 0.782. The molecule has 0 fully saturated rings. The molecule has 0 aromatic heterocycles. The molecular formula is C10H8FN5O2. The van der Waals surface area contributed by atoms with E-state index in [1.165, 1.54) is 6.07 Å². The number of benzene rings is 1. The van der Waals surface area contributed by atoms with Crippen LogP contribution in [0.1, 0.15) is 0 Å². The minimum Gasteiger partial charge on any atom is -0.454 e. The molecule has 1 aliphatic rings. The lowest BCUT2D eigenvalue weighted by Crippen LogP contribution is -2.21. The van der Waals surface area contributed by atoms with Crippen LogP contribution in [0, 0.1) is 22.6 Å². The first kappa shape index (κ1) is 11.7. The Hall–Kier alpha value is -2.82. The molecule has 0 unspecified atom stereocenters. The number of nitrogens with two attached hydrogens (primary N) is 1. The highest BCUT2D eigenvalue weighted by Crippen LogP contribution is 2.36. The van der Waals surface area contributed by atoms with Gasteiger partial charge in [0.1, 0.15) is 6.07 Å². The van der Waals surface area contributed by atoms with Crippen molar-refractivity contribution in [2.75, 3.05) is 12.2 Å². The molecule has 8 heteroatoms. The maximum Gasteiger partial charge on any atom is 0.231 e. The number of hydrazone groups is 1. The Labute approximate surface area is 101 Å². The van der Waals surface area contributed by atoms with Gasteiger partial charge in [-0.2, -0.15) is 10.4 Å². The van der Waals surface area contributed by atoms with Crippen molar-refractivity contribution in [2.45, 2.75) is 0 Å². The summed E-state index contributed by atoms with van der Waals surface area (Å²) < 4.78 is 23.6. The number of anilines is 1. The smallest absolute Gasteiger partial charge is 0.231 e. The average molecular weight is 249 g/mol. The fourth-order valence-corrected chi connectivity index (χ4v) is 1.26. The van der Waals surface area contributed by atoms with Crippen LogP contribution in [0.5, 0.6) is 11.5 Å². The topological polar surface area (TPSA) is 117 Å². The molecule has 0 atom stereocenters. The molecule has 2 rings (SSSR count). The molecule has 18 heavy (non-hydrogen) atoms. The van der Waals surface area contributed by atoms with E-state index in [2.05, 4.69) is 10.5 Å². The molecule has 1 aliphatic heterocycles.